The second-order valence-corrected chi connectivity index (χ2v) is 11.7. The number of carbonyl (C=O) groups is 2. The third-order valence-corrected chi connectivity index (χ3v) is 9.07. The van der Waals surface area contributed by atoms with Crippen molar-refractivity contribution in [2.24, 2.45) is 11.8 Å². The third kappa shape index (κ3) is 7.14. The topological polar surface area (TPSA) is 110 Å². The number of hydrogen-bond acceptors (Lipinski definition) is 8. The zero-order valence-corrected chi connectivity index (χ0v) is 27.0. The molecule has 2 aliphatic carbocycles. The maximum absolute atomic E-state index is 11.5. The lowest BCUT2D eigenvalue weighted by molar-refractivity contribution is -0.139. The van der Waals surface area contributed by atoms with E-state index in [9.17, 15) is 14.7 Å². The van der Waals surface area contributed by atoms with Crippen molar-refractivity contribution in [1.29, 1.82) is 0 Å². The molecular weight excluding hydrogens is 600 g/mol. The average Bonchev–Trinajstić information content (AvgIpc) is 4.05. The molecule has 9 nitrogen and oxygen atoms in total. The van der Waals surface area contributed by atoms with Crippen molar-refractivity contribution >= 4 is 12.3 Å². The van der Waals surface area contributed by atoms with Crippen LogP contribution in [0.5, 0.6) is 34.5 Å². The van der Waals surface area contributed by atoms with E-state index in [2.05, 4.69) is 12.1 Å². The van der Waals surface area contributed by atoms with E-state index in [0.717, 1.165) is 23.8 Å². The molecule has 4 atom stereocenters. The van der Waals surface area contributed by atoms with E-state index < -0.39 is 17.3 Å². The number of methoxy groups -OCH3 is 4. The van der Waals surface area contributed by atoms with Crippen LogP contribution in [0.3, 0.4) is 0 Å². The fourth-order valence-electron chi connectivity index (χ4n) is 6.06. The van der Waals surface area contributed by atoms with Crippen molar-refractivity contribution in [3.63, 3.8) is 0 Å². The monoisotopic (exact) mass is 640 g/mol. The van der Waals surface area contributed by atoms with E-state index >= 15 is 0 Å². The van der Waals surface area contributed by atoms with Crippen molar-refractivity contribution in [1.82, 2.24) is 0 Å². The fourth-order valence-corrected chi connectivity index (χ4v) is 6.06. The van der Waals surface area contributed by atoms with Gasteiger partial charge in [-0.25, -0.2) is 0 Å². The molecule has 246 valence electrons. The van der Waals surface area contributed by atoms with Crippen molar-refractivity contribution in [3.8, 4) is 34.5 Å². The maximum atomic E-state index is 11.5. The van der Waals surface area contributed by atoms with Crippen LogP contribution in [0.1, 0.15) is 24.0 Å². The average molecular weight is 641 g/mol. The SMILES string of the molecule is COc1ccc(OCC2(c3ccccc3)CC2C(=O)O)cc1OC.COc1ccc(OCC2(c3ccccc3)CC2C=O)cc1OC. The molecule has 4 aromatic carbocycles. The van der Waals surface area contributed by atoms with Crippen LogP contribution < -0.4 is 28.4 Å². The van der Waals surface area contributed by atoms with Crippen LogP contribution in [0.15, 0.2) is 97.1 Å². The lowest BCUT2D eigenvalue weighted by Gasteiger charge is -2.19. The minimum atomic E-state index is -0.783. The second-order valence-electron chi connectivity index (χ2n) is 11.7. The molecule has 6 rings (SSSR count). The summed E-state index contributed by atoms with van der Waals surface area (Å²) in [4.78, 5) is 22.7. The highest BCUT2D eigenvalue weighted by Gasteiger charge is 2.60. The van der Waals surface area contributed by atoms with Gasteiger partial charge in [0.2, 0.25) is 0 Å². The van der Waals surface area contributed by atoms with E-state index in [1.54, 1.807) is 52.7 Å². The Bertz CT molecular complexity index is 1660. The lowest BCUT2D eigenvalue weighted by atomic mass is 9.94. The number of benzene rings is 4. The minimum Gasteiger partial charge on any atom is -0.493 e. The van der Waals surface area contributed by atoms with E-state index in [4.69, 9.17) is 28.4 Å². The molecule has 0 aromatic heterocycles. The molecule has 0 heterocycles. The Kier molecular flexibility index (Phi) is 10.2. The standard InChI is InChI=1S/C19H20O5.C19H20O4/c1-22-16-9-8-14(10-17(16)23-2)24-12-19(11-15(19)18(20)21)13-6-4-3-5-7-13;1-21-17-9-8-16(10-18(17)22-2)23-13-19(11-15(19)12-20)14-6-4-3-5-7-14/h3-10,15H,11-12H2,1-2H3,(H,20,21);3-10,12,15H,11,13H2,1-2H3. The Morgan fingerprint density at radius 2 is 1.11 bits per heavy atom. The van der Waals surface area contributed by atoms with Crippen LogP contribution in [0.4, 0.5) is 0 Å². The Balaban J connectivity index is 0.000000185. The summed E-state index contributed by atoms with van der Waals surface area (Å²) in [5.74, 6) is 2.64. The predicted molar refractivity (Wildman–Crippen MR) is 176 cm³/mol. The number of carbonyl (C=O) groups excluding carboxylic acids is 1. The Hall–Kier alpha value is -5.18. The summed E-state index contributed by atoms with van der Waals surface area (Å²) >= 11 is 0. The van der Waals surface area contributed by atoms with Gasteiger partial charge in [0.15, 0.2) is 23.0 Å². The molecule has 2 saturated carbocycles. The summed E-state index contributed by atoms with van der Waals surface area (Å²) in [6, 6.07) is 30.5. The highest BCUT2D eigenvalue weighted by Crippen LogP contribution is 2.55. The molecule has 0 saturated heterocycles. The summed E-state index contributed by atoms with van der Waals surface area (Å²) in [5, 5.41) is 9.41. The summed E-state index contributed by atoms with van der Waals surface area (Å²) in [6.07, 6.45) is 2.44. The van der Waals surface area contributed by atoms with Crippen LogP contribution in [0, 0.1) is 11.8 Å². The molecule has 0 bridgehead atoms. The summed E-state index contributed by atoms with van der Waals surface area (Å²) < 4.78 is 32.9. The van der Waals surface area contributed by atoms with Gasteiger partial charge in [0.05, 0.1) is 47.6 Å². The van der Waals surface area contributed by atoms with Crippen LogP contribution in [-0.2, 0) is 20.4 Å². The number of hydrogen-bond donors (Lipinski definition) is 1. The number of rotatable bonds is 14. The Morgan fingerprint density at radius 3 is 1.49 bits per heavy atom. The highest BCUT2D eigenvalue weighted by molar-refractivity contribution is 5.77. The van der Waals surface area contributed by atoms with Crippen LogP contribution >= 0.6 is 0 Å². The van der Waals surface area contributed by atoms with E-state index in [1.165, 1.54) is 0 Å². The zero-order chi connectivity index (χ0) is 33.4. The molecule has 9 heteroatoms. The fraction of sp³-hybridized carbons (Fsp3) is 0.316. The first kappa shape index (κ1) is 33.2. The molecule has 2 aliphatic rings. The minimum absolute atomic E-state index is 0.0186. The number of carboxylic acid groups (broad SMARTS) is 1. The number of carboxylic acids is 1. The molecule has 1 N–H and O–H groups in total. The largest absolute Gasteiger partial charge is 0.493 e. The summed E-state index contributed by atoms with van der Waals surface area (Å²) in [6.45, 7) is 0.777. The molecule has 0 amide bonds. The molecule has 0 radical (unpaired) electrons. The van der Waals surface area contributed by atoms with E-state index in [1.807, 2.05) is 60.7 Å². The lowest BCUT2D eigenvalue weighted by Crippen LogP contribution is -2.23. The normalized spacial score (nSPS) is 22.0. The van der Waals surface area contributed by atoms with Crippen molar-refractivity contribution in [3.05, 3.63) is 108 Å². The van der Waals surface area contributed by atoms with Gasteiger partial charge in [-0.2, -0.15) is 0 Å². The molecule has 4 unspecified atom stereocenters. The van der Waals surface area contributed by atoms with Crippen molar-refractivity contribution < 1.29 is 43.1 Å². The first-order chi connectivity index (χ1) is 22.8. The molecule has 0 spiro atoms. The van der Waals surface area contributed by atoms with Gasteiger partial charge in [-0.05, 0) is 48.2 Å². The van der Waals surface area contributed by atoms with Crippen molar-refractivity contribution in [2.45, 2.75) is 23.7 Å². The quantitative estimate of drug-likeness (QED) is 0.157. The molecular formula is C38H40O9. The third-order valence-electron chi connectivity index (χ3n) is 9.07. The highest BCUT2D eigenvalue weighted by atomic mass is 16.5. The van der Waals surface area contributed by atoms with Gasteiger partial charge >= 0.3 is 5.97 Å². The number of aldehydes is 1. The smallest absolute Gasteiger partial charge is 0.307 e. The van der Waals surface area contributed by atoms with Gasteiger partial charge in [-0.15, -0.1) is 0 Å². The van der Waals surface area contributed by atoms with Gasteiger partial charge in [-0.3, -0.25) is 4.79 Å². The first-order valence-corrected chi connectivity index (χ1v) is 15.3. The van der Waals surface area contributed by atoms with Crippen LogP contribution in [-0.4, -0.2) is 59.0 Å². The van der Waals surface area contributed by atoms with Gasteiger partial charge in [0.25, 0.3) is 0 Å². The number of ether oxygens (including phenoxy) is 6. The van der Waals surface area contributed by atoms with Crippen LogP contribution in [0.2, 0.25) is 0 Å². The van der Waals surface area contributed by atoms with Gasteiger partial charge in [0.1, 0.15) is 17.8 Å². The van der Waals surface area contributed by atoms with Gasteiger partial charge < -0.3 is 38.3 Å². The first-order valence-electron chi connectivity index (χ1n) is 15.3. The van der Waals surface area contributed by atoms with Gasteiger partial charge in [0, 0.05) is 28.9 Å². The zero-order valence-electron chi connectivity index (χ0n) is 27.0. The van der Waals surface area contributed by atoms with E-state index in [-0.39, 0.29) is 11.3 Å². The van der Waals surface area contributed by atoms with Gasteiger partial charge in [-0.1, -0.05) is 60.7 Å². The maximum Gasteiger partial charge on any atom is 0.307 e. The van der Waals surface area contributed by atoms with Crippen LogP contribution in [0.25, 0.3) is 0 Å². The van der Waals surface area contributed by atoms with Crippen molar-refractivity contribution in [2.75, 3.05) is 41.7 Å². The summed E-state index contributed by atoms with van der Waals surface area (Å²) in [7, 11) is 6.33. The predicted octanol–water partition coefficient (Wildman–Crippen LogP) is 6.36. The molecule has 4 aromatic rings. The summed E-state index contributed by atoms with van der Waals surface area (Å²) in [5.41, 5.74) is 1.46. The van der Waals surface area contributed by atoms with E-state index in [0.29, 0.717) is 54.1 Å². The Labute approximate surface area is 275 Å². The molecule has 47 heavy (non-hydrogen) atoms. The number of aliphatic carboxylic acids is 1. The Morgan fingerprint density at radius 1 is 0.660 bits per heavy atom. The second kappa shape index (κ2) is 14.5. The molecule has 0 aliphatic heterocycles. The molecule has 2 fully saturated rings.